The Balaban J connectivity index is 2.01. The highest BCUT2D eigenvalue weighted by atomic mass is 16.5. The van der Waals surface area contributed by atoms with Crippen molar-refractivity contribution in [2.75, 3.05) is 31.1 Å². The number of nitrogens with zero attached hydrogens (tertiary/aromatic N) is 2. The lowest BCUT2D eigenvalue weighted by molar-refractivity contribution is 0.210. The van der Waals surface area contributed by atoms with E-state index in [-0.39, 0.29) is 0 Å². The van der Waals surface area contributed by atoms with Crippen LogP contribution in [0, 0.1) is 11.3 Å². The third kappa shape index (κ3) is 2.93. The molecule has 1 aromatic carbocycles. The molecule has 6 heteroatoms. The molecule has 1 aliphatic carbocycles. The van der Waals surface area contributed by atoms with Crippen LogP contribution in [0.5, 0.6) is 5.75 Å². The van der Waals surface area contributed by atoms with Gasteiger partial charge in [0, 0.05) is 37.8 Å². The van der Waals surface area contributed by atoms with Gasteiger partial charge in [-0.05, 0) is 24.8 Å². The lowest BCUT2D eigenvalue weighted by atomic mass is 10.0. The Labute approximate surface area is 123 Å². The van der Waals surface area contributed by atoms with E-state index >= 15 is 0 Å². The molecule has 1 saturated carbocycles. The summed E-state index contributed by atoms with van der Waals surface area (Å²) >= 11 is 0. The maximum absolute atomic E-state index is 11.0. The lowest BCUT2D eigenvalue weighted by Crippen LogP contribution is -2.43. The van der Waals surface area contributed by atoms with Gasteiger partial charge in [0.15, 0.2) is 0 Å². The van der Waals surface area contributed by atoms with Crippen LogP contribution in [-0.2, 0) is 0 Å². The molecule has 1 heterocycles. The van der Waals surface area contributed by atoms with Crippen molar-refractivity contribution in [3.8, 4) is 11.8 Å². The third-order valence-electron chi connectivity index (χ3n) is 3.93. The average Bonchev–Trinajstić information content (AvgIpc) is 3.31. The maximum atomic E-state index is 11.0. The second-order valence-corrected chi connectivity index (χ2v) is 5.45. The van der Waals surface area contributed by atoms with Crippen molar-refractivity contribution in [1.82, 2.24) is 5.32 Å². The molecule has 21 heavy (non-hydrogen) atoms. The number of hydrogen-bond donors (Lipinski definition) is 2. The molecular formula is C15H18N4O2. The number of amides is 1. The summed E-state index contributed by atoms with van der Waals surface area (Å²) in [5.41, 5.74) is 7.56. The van der Waals surface area contributed by atoms with E-state index in [4.69, 9.17) is 10.5 Å². The smallest absolute Gasteiger partial charge is 0.409 e. The van der Waals surface area contributed by atoms with Gasteiger partial charge in [0.25, 0.3) is 0 Å². The Kier molecular flexibility index (Phi) is 3.67. The summed E-state index contributed by atoms with van der Waals surface area (Å²) < 4.78 is 5.09. The van der Waals surface area contributed by atoms with E-state index in [9.17, 15) is 10.1 Å². The molecule has 6 nitrogen and oxygen atoms in total. The molecule has 1 aliphatic heterocycles. The Morgan fingerprint density at radius 3 is 2.67 bits per heavy atom. The minimum absolute atomic E-state index is 0.411. The van der Waals surface area contributed by atoms with Crippen molar-refractivity contribution in [1.29, 1.82) is 5.26 Å². The van der Waals surface area contributed by atoms with Crippen LogP contribution in [0.3, 0.4) is 0 Å². The zero-order valence-electron chi connectivity index (χ0n) is 11.8. The second kappa shape index (κ2) is 5.62. The fourth-order valence-electron chi connectivity index (χ4n) is 2.75. The first-order valence-electron chi connectivity index (χ1n) is 7.20. The van der Waals surface area contributed by atoms with E-state index < -0.39 is 6.09 Å². The Hall–Kier alpha value is -2.26. The highest BCUT2D eigenvalue weighted by Gasteiger charge is 2.29. The van der Waals surface area contributed by atoms with Crippen molar-refractivity contribution < 1.29 is 9.53 Å². The van der Waals surface area contributed by atoms with Crippen molar-refractivity contribution in [2.24, 2.45) is 5.73 Å². The van der Waals surface area contributed by atoms with Gasteiger partial charge in [0.1, 0.15) is 11.8 Å². The fraction of sp³-hybridized carbons (Fsp3) is 0.467. The van der Waals surface area contributed by atoms with E-state index in [2.05, 4.69) is 16.3 Å². The molecule has 3 N–H and O–H groups in total. The molecule has 0 aromatic heterocycles. The first kappa shape index (κ1) is 13.7. The number of carbonyl (C=O) groups excluding carboxylic acids is 1. The molecule has 1 aromatic rings. The van der Waals surface area contributed by atoms with Gasteiger partial charge in [-0.3, -0.25) is 0 Å². The van der Waals surface area contributed by atoms with Crippen molar-refractivity contribution >= 4 is 11.8 Å². The Morgan fingerprint density at radius 1 is 1.38 bits per heavy atom. The average molecular weight is 286 g/mol. The van der Waals surface area contributed by atoms with E-state index in [0.717, 1.165) is 50.3 Å². The summed E-state index contributed by atoms with van der Waals surface area (Å²) in [7, 11) is 0. The van der Waals surface area contributed by atoms with Gasteiger partial charge < -0.3 is 20.7 Å². The zero-order chi connectivity index (χ0) is 14.8. The summed E-state index contributed by atoms with van der Waals surface area (Å²) in [4.78, 5) is 13.3. The summed E-state index contributed by atoms with van der Waals surface area (Å²) in [6.45, 7) is 3.55. The fourth-order valence-corrected chi connectivity index (χ4v) is 2.75. The molecule has 110 valence electrons. The predicted molar refractivity (Wildman–Crippen MR) is 78.4 cm³/mol. The third-order valence-corrected chi connectivity index (χ3v) is 3.93. The standard InChI is InChI=1S/C15H18N4O2/c16-9-11-7-14(21-15(17)20)12(10-1-2-10)8-13(11)19-5-3-18-4-6-19/h7-8,10,18H,1-6H2,(H2,17,20). The van der Waals surface area contributed by atoms with Gasteiger partial charge >= 0.3 is 6.09 Å². The topological polar surface area (TPSA) is 91.4 Å². The number of carbonyl (C=O) groups is 1. The van der Waals surface area contributed by atoms with Gasteiger partial charge in [0.2, 0.25) is 0 Å². The van der Waals surface area contributed by atoms with Gasteiger partial charge in [-0.1, -0.05) is 0 Å². The van der Waals surface area contributed by atoms with Crippen LogP contribution in [0.25, 0.3) is 0 Å². The molecule has 2 aliphatic rings. The minimum Gasteiger partial charge on any atom is -0.410 e. The molecule has 0 unspecified atom stereocenters. The Morgan fingerprint density at radius 2 is 2.10 bits per heavy atom. The largest absolute Gasteiger partial charge is 0.410 e. The van der Waals surface area contributed by atoms with Crippen molar-refractivity contribution in [2.45, 2.75) is 18.8 Å². The normalized spacial score (nSPS) is 18.1. The molecular weight excluding hydrogens is 268 g/mol. The van der Waals surface area contributed by atoms with E-state index in [0.29, 0.717) is 17.2 Å². The summed E-state index contributed by atoms with van der Waals surface area (Å²) in [5, 5.41) is 12.7. The minimum atomic E-state index is -0.837. The molecule has 2 fully saturated rings. The molecule has 0 radical (unpaired) electrons. The molecule has 0 atom stereocenters. The second-order valence-electron chi connectivity index (χ2n) is 5.45. The predicted octanol–water partition coefficient (Wildman–Crippen LogP) is 1.30. The highest BCUT2D eigenvalue weighted by molar-refractivity contribution is 5.72. The number of rotatable bonds is 3. The van der Waals surface area contributed by atoms with Crippen LogP contribution in [0.2, 0.25) is 0 Å². The number of piperazine rings is 1. The van der Waals surface area contributed by atoms with Crippen LogP contribution in [0.1, 0.15) is 29.9 Å². The number of anilines is 1. The Bertz CT molecular complexity index is 598. The van der Waals surface area contributed by atoms with E-state index in [1.165, 1.54) is 0 Å². The number of ether oxygens (including phenoxy) is 1. The summed E-state index contributed by atoms with van der Waals surface area (Å²) in [6, 6.07) is 5.85. The first-order chi connectivity index (χ1) is 10.2. The first-order valence-corrected chi connectivity index (χ1v) is 7.20. The summed E-state index contributed by atoms with van der Waals surface area (Å²) in [5.74, 6) is 0.842. The maximum Gasteiger partial charge on any atom is 0.409 e. The van der Waals surface area contributed by atoms with E-state index in [1.807, 2.05) is 6.07 Å². The molecule has 3 rings (SSSR count). The highest BCUT2D eigenvalue weighted by Crippen LogP contribution is 2.46. The number of benzene rings is 1. The zero-order valence-corrected chi connectivity index (χ0v) is 11.8. The van der Waals surface area contributed by atoms with Gasteiger partial charge in [-0.2, -0.15) is 5.26 Å². The van der Waals surface area contributed by atoms with Crippen LogP contribution in [-0.4, -0.2) is 32.3 Å². The van der Waals surface area contributed by atoms with Crippen molar-refractivity contribution in [3.05, 3.63) is 23.3 Å². The molecule has 1 amide bonds. The number of nitriles is 1. The van der Waals surface area contributed by atoms with Crippen molar-refractivity contribution in [3.63, 3.8) is 0 Å². The quantitative estimate of drug-likeness (QED) is 0.874. The summed E-state index contributed by atoms with van der Waals surface area (Å²) in [6.07, 6.45) is 1.33. The molecule has 1 saturated heterocycles. The number of primary amides is 1. The number of nitrogens with two attached hydrogens (primary N) is 1. The molecule has 0 spiro atoms. The van der Waals surface area contributed by atoms with Crippen LogP contribution >= 0.6 is 0 Å². The molecule has 0 bridgehead atoms. The number of nitrogens with one attached hydrogen (secondary N) is 1. The van der Waals surface area contributed by atoms with Gasteiger partial charge in [0.05, 0.1) is 11.3 Å². The van der Waals surface area contributed by atoms with E-state index in [1.54, 1.807) is 6.07 Å². The SMILES string of the molecule is N#Cc1cc(OC(N)=O)c(C2CC2)cc1N1CCNCC1. The lowest BCUT2D eigenvalue weighted by Gasteiger charge is -2.30. The van der Waals surface area contributed by atoms with Gasteiger partial charge in [-0.15, -0.1) is 0 Å². The van der Waals surface area contributed by atoms with Crippen LogP contribution in [0.4, 0.5) is 10.5 Å². The van der Waals surface area contributed by atoms with Crippen LogP contribution < -0.4 is 20.7 Å². The van der Waals surface area contributed by atoms with Gasteiger partial charge in [-0.25, -0.2) is 4.79 Å². The number of hydrogen-bond acceptors (Lipinski definition) is 5. The van der Waals surface area contributed by atoms with Crippen LogP contribution in [0.15, 0.2) is 12.1 Å². The monoisotopic (exact) mass is 286 g/mol.